The third-order valence-electron chi connectivity index (χ3n) is 5.27. The van der Waals surface area contributed by atoms with E-state index in [1.807, 2.05) is 36.4 Å². The van der Waals surface area contributed by atoms with Crippen molar-refractivity contribution < 1.29 is 14.3 Å². The minimum absolute atomic E-state index is 0.0194. The van der Waals surface area contributed by atoms with Crippen molar-refractivity contribution in [1.82, 2.24) is 5.32 Å². The third-order valence-corrected chi connectivity index (χ3v) is 5.27. The van der Waals surface area contributed by atoms with Gasteiger partial charge in [-0.15, -0.1) is 0 Å². The van der Waals surface area contributed by atoms with Crippen LogP contribution in [0.25, 0.3) is 0 Å². The quantitative estimate of drug-likeness (QED) is 0.746. The van der Waals surface area contributed by atoms with Crippen LogP contribution in [0, 0.1) is 0 Å². The number of carbonyl (C=O) groups excluding carboxylic acids is 1. The van der Waals surface area contributed by atoms with E-state index in [1.54, 1.807) is 14.2 Å². The Balaban J connectivity index is 1.65. The number of carbonyl (C=O) groups is 1. The Bertz CT molecular complexity index is 813. The highest BCUT2D eigenvalue weighted by molar-refractivity contribution is 5.90. The number of amides is 2. The molecule has 27 heavy (non-hydrogen) atoms. The normalized spacial score (nSPS) is 14.6. The van der Waals surface area contributed by atoms with Crippen LogP contribution < -0.4 is 20.1 Å². The van der Waals surface area contributed by atoms with Gasteiger partial charge in [0.25, 0.3) is 0 Å². The number of hydrogen-bond acceptors (Lipinski definition) is 3. The molecule has 5 nitrogen and oxygen atoms in total. The van der Waals surface area contributed by atoms with E-state index in [0.717, 1.165) is 29.8 Å². The number of methoxy groups -OCH3 is 2. The molecule has 1 fully saturated rings. The molecule has 2 aromatic carbocycles. The fourth-order valence-electron chi connectivity index (χ4n) is 3.41. The van der Waals surface area contributed by atoms with Crippen LogP contribution in [0.1, 0.15) is 43.7 Å². The second-order valence-electron chi connectivity index (χ2n) is 7.40. The molecule has 0 bridgehead atoms. The maximum Gasteiger partial charge on any atom is 0.319 e. The summed E-state index contributed by atoms with van der Waals surface area (Å²) in [5.41, 5.74) is 3.15. The largest absolute Gasteiger partial charge is 0.493 e. The predicted octanol–water partition coefficient (Wildman–Crippen LogP) is 4.68. The fourth-order valence-corrected chi connectivity index (χ4v) is 3.41. The zero-order valence-corrected chi connectivity index (χ0v) is 16.5. The van der Waals surface area contributed by atoms with Crippen molar-refractivity contribution in [2.24, 2.45) is 0 Å². The fraction of sp³-hybridized carbons (Fsp3) is 0.409. The average Bonchev–Trinajstić information content (AvgIpc) is 3.47. The molecule has 0 spiro atoms. The minimum atomic E-state index is -0.171. The molecular formula is C22H28N2O3. The number of rotatable bonds is 7. The number of nitrogens with one attached hydrogen (secondary N) is 2. The maximum absolute atomic E-state index is 12.4. The smallest absolute Gasteiger partial charge is 0.319 e. The first-order chi connectivity index (χ1) is 13.0. The van der Waals surface area contributed by atoms with Gasteiger partial charge < -0.3 is 20.1 Å². The van der Waals surface area contributed by atoms with Gasteiger partial charge in [-0.2, -0.15) is 0 Å². The highest BCUT2D eigenvalue weighted by Crippen LogP contribution is 2.49. The summed E-state index contributed by atoms with van der Waals surface area (Å²) >= 11 is 0. The van der Waals surface area contributed by atoms with Gasteiger partial charge in [0.1, 0.15) is 0 Å². The molecular weight excluding hydrogens is 340 g/mol. The maximum atomic E-state index is 12.4. The molecule has 3 rings (SSSR count). The molecule has 0 saturated heterocycles. The lowest BCUT2D eigenvalue weighted by Gasteiger charge is -2.19. The number of ether oxygens (including phenoxy) is 2. The van der Waals surface area contributed by atoms with Gasteiger partial charge in [-0.05, 0) is 48.1 Å². The van der Waals surface area contributed by atoms with E-state index >= 15 is 0 Å². The summed E-state index contributed by atoms with van der Waals surface area (Å²) in [5, 5.41) is 6.03. The molecule has 2 amide bonds. The molecule has 1 saturated carbocycles. The van der Waals surface area contributed by atoms with Gasteiger partial charge in [-0.25, -0.2) is 4.79 Å². The standard InChI is InChI=1S/C22H28N2O3/c1-15(2)17-7-5-6-8-18(17)24-21(25)23-14-22(11-12-22)16-9-10-19(26-3)20(13-16)27-4/h5-10,13,15H,11-12,14H2,1-4H3,(H2,23,24,25). The molecule has 5 heteroatoms. The van der Waals surface area contributed by atoms with Gasteiger partial charge in [-0.1, -0.05) is 38.1 Å². The highest BCUT2D eigenvalue weighted by atomic mass is 16.5. The monoisotopic (exact) mass is 368 g/mol. The first kappa shape index (κ1) is 19.1. The Morgan fingerprint density at radius 1 is 1.07 bits per heavy atom. The molecule has 2 aromatic rings. The van der Waals surface area contributed by atoms with Crippen molar-refractivity contribution in [3.05, 3.63) is 53.6 Å². The lowest BCUT2D eigenvalue weighted by molar-refractivity contribution is 0.251. The van der Waals surface area contributed by atoms with Gasteiger partial charge in [0.15, 0.2) is 11.5 Å². The Kier molecular flexibility index (Phi) is 5.59. The highest BCUT2D eigenvalue weighted by Gasteiger charge is 2.44. The van der Waals surface area contributed by atoms with Crippen LogP contribution in [0.5, 0.6) is 11.5 Å². The molecule has 0 aliphatic heterocycles. The van der Waals surface area contributed by atoms with E-state index in [2.05, 4.69) is 30.5 Å². The summed E-state index contributed by atoms with van der Waals surface area (Å²) in [5.74, 6) is 1.78. The summed E-state index contributed by atoms with van der Waals surface area (Å²) in [6, 6.07) is 13.7. The van der Waals surface area contributed by atoms with Crippen molar-refractivity contribution in [3.63, 3.8) is 0 Å². The SMILES string of the molecule is COc1ccc(C2(CNC(=O)Nc3ccccc3C(C)C)CC2)cc1OC. The van der Waals surface area contributed by atoms with Crippen LogP contribution in [-0.2, 0) is 5.41 Å². The van der Waals surface area contributed by atoms with E-state index in [9.17, 15) is 4.79 Å². The molecule has 0 aromatic heterocycles. The van der Waals surface area contributed by atoms with Gasteiger partial charge in [0.2, 0.25) is 0 Å². The van der Waals surface area contributed by atoms with E-state index < -0.39 is 0 Å². The summed E-state index contributed by atoms with van der Waals surface area (Å²) < 4.78 is 10.7. The van der Waals surface area contributed by atoms with Gasteiger partial charge in [-0.3, -0.25) is 0 Å². The summed E-state index contributed by atoms with van der Waals surface area (Å²) in [7, 11) is 3.27. The Morgan fingerprint density at radius 3 is 2.41 bits per heavy atom. The number of urea groups is 1. The van der Waals surface area contributed by atoms with E-state index in [-0.39, 0.29) is 11.4 Å². The number of hydrogen-bond donors (Lipinski definition) is 2. The first-order valence-electron chi connectivity index (χ1n) is 9.35. The van der Waals surface area contributed by atoms with Gasteiger partial charge >= 0.3 is 6.03 Å². The van der Waals surface area contributed by atoms with Crippen LogP contribution in [0.15, 0.2) is 42.5 Å². The van der Waals surface area contributed by atoms with E-state index in [4.69, 9.17) is 9.47 Å². The third kappa shape index (κ3) is 4.18. The van der Waals surface area contributed by atoms with Crippen molar-refractivity contribution >= 4 is 11.7 Å². The Morgan fingerprint density at radius 2 is 1.78 bits per heavy atom. The lowest BCUT2D eigenvalue weighted by Crippen LogP contribution is -2.35. The average molecular weight is 368 g/mol. The molecule has 1 aliphatic carbocycles. The molecule has 1 aliphatic rings. The topological polar surface area (TPSA) is 59.6 Å². The van der Waals surface area contributed by atoms with Crippen molar-refractivity contribution in [2.75, 3.05) is 26.1 Å². The van der Waals surface area contributed by atoms with Gasteiger partial charge in [0, 0.05) is 17.6 Å². The Hall–Kier alpha value is -2.69. The second kappa shape index (κ2) is 7.91. The summed E-state index contributed by atoms with van der Waals surface area (Å²) in [6.07, 6.45) is 2.09. The molecule has 144 valence electrons. The van der Waals surface area contributed by atoms with Crippen LogP contribution >= 0.6 is 0 Å². The van der Waals surface area contributed by atoms with E-state index in [0.29, 0.717) is 18.2 Å². The summed E-state index contributed by atoms with van der Waals surface area (Å²) in [6.45, 7) is 4.83. The van der Waals surface area contributed by atoms with Crippen molar-refractivity contribution in [1.29, 1.82) is 0 Å². The van der Waals surface area contributed by atoms with Crippen LogP contribution in [-0.4, -0.2) is 26.8 Å². The molecule has 2 N–H and O–H groups in total. The number of benzene rings is 2. The predicted molar refractivity (Wildman–Crippen MR) is 108 cm³/mol. The first-order valence-corrected chi connectivity index (χ1v) is 9.35. The number of anilines is 1. The molecule has 0 unspecified atom stereocenters. The van der Waals surface area contributed by atoms with Crippen LogP contribution in [0.2, 0.25) is 0 Å². The summed E-state index contributed by atoms with van der Waals surface area (Å²) in [4.78, 5) is 12.4. The molecule has 0 atom stereocenters. The lowest BCUT2D eigenvalue weighted by atomic mass is 9.95. The van der Waals surface area contributed by atoms with Gasteiger partial charge in [0.05, 0.1) is 14.2 Å². The zero-order valence-electron chi connectivity index (χ0n) is 16.5. The van der Waals surface area contributed by atoms with Crippen molar-refractivity contribution in [3.8, 4) is 11.5 Å². The molecule has 0 heterocycles. The van der Waals surface area contributed by atoms with Crippen LogP contribution in [0.4, 0.5) is 10.5 Å². The van der Waals surface area contributed by atoms with E-state index in [1.165, 1.54) is 5.56 Å². The van der Waals surface area contributed by atoms with Crippen molar-refractivity contribution in [2.45, 2.75) is 38.0 Å². The molecule has 0 radical (unpaired) electrons. The Labute approximate surface area is 161 Å². The number of para-hydroxylation sites is 1. The van der Waals surface area contributed by atoms with Crippen LogP contribution in [0.3, 0.4) is 0 Å². The zero-order chi connectivity index (χ0) is 19.4. The second-order valence-corrected chi connectivity index (χ2v) is 7.40. The minimum Gasteiger partial charge on any atom is -0.493 e.